The Morgan fingerprint density at radius 2 is 2.22 bits per heavy atom. The van der Waals surface area contributed by atoms with Crippen LogP contribution >= 0.6 is 11.6 Å². The molecule has 0 radical (unpaired) electrons. The third-order valence-corrected chi connectivity index (χ3v) is 4.07. The van der Waals surface area contributed by atoms with Crippen molar-refractivity contribution in [2.75, 3.05) is 6.54 Å². The van der Waals surface area contributed by atoms with Gasteiger partial charge in [-0.15, -0.1) is 0 Å². The third kappa shape index (κ3) is 2.23. The molecule has 0 fully saturated rings. The molecular formula is C13H11ClF2N6O. The molecule has 1 aliphatic rings. The fourth-order valence-electron chi connectivity index (χ4n) is 2.76. The minimum atomic E-state index is -2.84. The van der Waals surface area contributed by atoms with Gasteiger partial charge in [0.15, 0.2) is 10.8 Å². The lowest BCUT2D eigenvalue weighted by Gasteiger charge is -2.15. The molecule has 0 amide bonds. The van der Waals surface area contributed by atoms with Crippen molar-refractivity contribution in [2.24, 2.45) is 0 Å². The predicted molar refractivity (Wildman–Crippen MR) is 79.1 cm³/mol. The lowest BCUT2D eigenvalue weighted by atomic mass is 10.1. The van der Waals surface area contributed by atoms with Crippen LogP contribution in [0.5, 0.6) is 0 Å². The van der Waals surface area contributed by atoms with E-state index in [9.17, 15) is 13.6 Å². The number of fused-ring (bicyclic) bond motifs is 2. The van der Waals surface area contributed by atoms with Gasteiger partial charge in [-0.2, -0.15) is 13.9 Å². The maximum Gasteiger partial charge on any atom is 0.333 e. The zero-order valence-corrected chi connectivity index (χ0v) is 12.4. The molecule has 0 aliphatic carbocycles. The fourth-order valence-corrected chi connectivity index (χ4v) is 2.98. The van der Waals surface area contributed by atoms with Gasteiger partial charge in [-0.3, -0.25) is 9.55 Å². The Morgan fingerprint density at radius 1 is 1.39 bits per heavy atom. The Morgan fingerprint density at radius 3 is 2.96 bits per heavy atom. The summed E-state index contributed by atoms with van der Waals surface area (Å²) in [5.41, 5.74) is 2.35. The zero-order chi connectivity index (χ0) is 16.1. The number of aromatic nitrogens is 5. The van der Waals surface area contributed by atoms with Crippen LogP contribution in [0.3, 0.4) is 0 Å². The van der Waals surface area contributed by atoms with Crippen molar-refractivity contribution in [3.8, 4) is 5.69 Å². The van der Waals surface area contributed by atoms with Gasteiger partial charge in [-0.1, -0.05) is 11.6 Å². The van der Waals surface area contributed by atoms with Crippen LogP contribution < -0.4 is 11.0 Å². The molecular weight excluding hydrogens is 330 g/mol. The second kappa shape index (κ2) is 5.14. The molecule has 3 aromatic rings. The Kier molecular flexibility index (Phi) is 3.20. The number of nitrogens with one attached hydrogen (secondary N) is 2. The molecule has 0 saturated carbocycles. The molecule has 0 atom stereocenters. The van der Waals surface area contributed by atoms with E-state index < -0.39 is 12.2 Å². The molecule has 0 spiro atoms. The minimum Gasteiger partial charge on any atom is -0.312 e. The Labute approximate surface area is 132 Å². The van der Waals surface area contributed by atoms with E-state index in [0.29, 0.717) is 22.4 Å². The first-order valence-corrected chi connectivity index (χ1v) is 7.30. The van der Waals surface area contributed by atoms with Gasteiger partial charge in [0, 0.05) is 25.2 Å². The summed E-state index contributed by atoms with van der Waals surface area (Å²) in [6.45, 7) is -1.37. The number of nitrogens with zero attached hydrogens (tertiary/aromatic N) is 4. The van der Waals surface area contributed by atoms with Gasteiger partial charge in [-0.05, 0) is 11.6 Å². The van der Waals surface area contributed by atoms with Gasteiger partial charge >= 0.3 is 12.2 Å². The number of pyridine rings is 1. The number of hydrogen-bond acceptors (Lipinski definition) is 4. The van der Waals surface area contributed by atoms with E-state index in [0.717, 1.165) is 30.4 Å². The summed E-state index contributed by atoms with van der Waals surface area (Å²) in [4.78, 5) is 19.3. The minimum absolute atomic E-state index is 0.0914. The van der Waals surface area contributed by atoms with Crippen LogP contribution in [0.1, 0.15) is 17.8 Å². The first-order chi connectivity index (χ1) is 11.0. The van der Waals surface area contributed by atoms with Crippen molar-refractivity contribution in [1.82, 2.24) is 29.6 Å². The molecule has 4 heterocycles. The Balaban J connectivity index is 1.96. The molecule has 2 N–H and O–H groups in total. The molecule has 0 saturated heterocycles. The van der Waals surface area contributed by atoms with Crippen molar-refractivity contribution < 1.29 is 8.78 Å². The van der Waals surface area contributed by atoms with Crippen LogP contribution in [0.15, 0.2) is 17.1 Å². The van der Waals surface area contributed by atoms with Gasteiger partial charge < -0.3 is 5.32 Å². The lowest BCUT2D eigenvalue weighted by molar-refractivity contribution is 0.0566. The van der Waals surface area contributed by atoms with Crippen molar-refractivity contribution in [3.05, 3.63) is 39.2 Å². The summed E-state index contributed by atoms with van der Waals surface area (Å²) in [6.07, 6.45) is 1.81. The van der Waals surface area contributed by atoms with E-state index in [1.807, 2.05) is 6.07 Å². The molecule has 120 valence electrons. The van der Waals surface area contributed by atoms with E-state index in [1.54, 1.807) is 0 Å². The Bertz CT molecular complexity index is 959. The standard InChI is InChI=1S/C13H11ClF2N6O/c14-10-9(5-21(20-10)12(15)16)22-8-3-6-4-17-2-1-7(6)18-11(8)19-13(22)23/h3,5,12,17H,1-2,4H2,(H,18,19,23). The monoisotopic (exact) mass is 340 g/mol. The highest BCUT2D eigenvalue weighted by atomic mass is 35.5. The van der Waals surface area contributed by atoms with Crippen LogP contribution in [-0.2, 0) is 13.0 Å². The van der Waals surface area contributed by atoms with E-state index >= 15 is 0 Å². The highest BCUT2D eigenvalue weighted by Crippen LogP contribution is 2.25. The van der Waals surface area contributed by atoms with Gasteiger partial charge in [0.2, 0.25) is 0 Å². The molecule has 0 aromatic carbocycles. The third-order valence-electron chi connectivity index (χ3n) is 3.80. The van der Waals surface area contributed by atoms with E-state index in [-0.39, 0.29) is 10.8 Å². The number of H-pyrrole nitrogens is 1. The van der Waals surface area contributed by atoms with Crippen LogP contribution in [0.25, 0.3) is 16.9 Å². The summed E-state index contributed by atoms with van der Waals surface area (Å²) < 4.78 is 27.2. The average molecular weight is 341 g/mol. The van der Waals surface area contributed by atoms with Crippen molar-refractivity contribution in [2.45, 2.75) is 19.5 Å². The molecule has 0 unspecified atom stereocenters. The molecule has 7 nitrogen and oxygen atoms in total. The van der Waals surface area contributed by atoms with Crippen LogP contribution in [0.2, 0.25) is 5.15 Å². The van der Waals surface area contributed by atoms with Crippen molar-refractivity contribution in [1.29, 1.82) is 0 Å². The van der Waals surface area contributed by atoms with Gasteiger partial charge in [0.05, 0.1) is 11.7 Å². The second-order valence-electron chi connectivity index (χ2n) is 5.22. The van der Waals surface area contributed by atoms with Gasteiger partial charge in [-0.25, -0.2) is 14.5 Å². The zero-order valence-electron chi connectivity index (χ0n) is 11.7. The smallest absolute Gasteiger partial charge is 0.312 e. The van der Waals surface area contributed by atoms with Crippen LogP contribution in [0, 0.1) is 0 Å². The molecule has 23 heavy (non-hydrogen) atoms. The van der Waals surface area contributed by atoms with Crippen LogP contribution in [-0.4, -0.2) is 30.9 Å². The lowest BCUT2D eigenvalue weighted by Crippen LogP contribution is -2.24. The first kappa shape index (κ1) is 14.3. The maximum atomic E-state index is 12.8. The van der Waals surface area contributed by atoms with Gasteiger partial charge in [0.1, 0.15) is 5.69 Å². The molecule has 0 bridgehead atoms. The first-order valence-electron chi connectivity index (χ1n) is 6.92. The maximum absolute atomic E-state index is 12.8. The highest BCUT2D eigenvalue weighted by Gasteiger charge is 2.20. The summed E-state index contributed by atoms with van der Waals surface area (Å²) in [5.74, 6) is 0. The van der Waals surface area contributed by atoms with E-state index in [2.05, 4.69) is 20.4 Å². The number of alkyl halides is 2. The van der Waals surface area contributed by atoms with Gasteiger partial charge in [0.25, 0.3) is 0 Å². The predicted octanol–water partition coefficient (Wildman–Crippen LogP) is 1.60. The topological polar surface area (TPSA) is 80.5 Å². The number of hydrogen-bond donors (Lipinski definition) is 2. The largest absolute Gasteiger partial charge is 0.333 e. The average Bonchev–Trinajstić information content (AvgIpc) is 3.04. The van der Waals surface area contributed by atoms with Crippen molar-refractivity contribution in [3.63, 3.8) is 0 Å². The number of halogens is 3. The van der Waals surface area contributed by atoms with Crippen molar-refractivity contribution >= 4 is 22.8 Å². The molecule has 3 aromatic heterocycles. The normalized spacial score (nSPS) is 14.6. The van der Waals surface area contributed by atoms with Crippen LogP contribution in [0.4, 0.5) is 8.78 Å². The summed E-state index contributed by atoms with van der Waals surface area (Å²) >= 11 is 5.92. The molecule has 4 rings (SSSR count). The summed E-state index contributed by atoms with van der Waals surface area (Å²) in [5, 5.41) is 6.57. The summed E-state index contributed by atoms with van der Waals surface area (Å²) in [6, 6.07) is 1.82. The quantitative estimate of drug-likeness (QED) is 0.742. The van der Waals surface area contributed by atoms with E-state index in [4.69, 9.17) is 11.6 Å². The Hall–Kier alpha value is -2.26. The SMILES string of the molecule is O=c1[nH]c2nc3c(cc2n1-c1cn(C(F)F)nc1Cl)CNCC3. The number of rotatable bonds is 2. The fraction of sp³-hybridized carbons (Fsp3) is 0.308. The number of imidazole rings is 1. The molecule has 10 heteroatoms. The summed E-state index contributed by atoms with van der Waals surface area (Å²) in [7, 11) is 0. The molecule has 1 aliphatic heterocycles. The van der Waals surface area contributed by atoms with E-state index in [1.165, 1.54) is 4.57 Å². The number of aromatic amines is 1. The highest BCUT2D eigenvalue weighted by molar-refractivity contribution is 6.31. The second-order valence-corrected chi connectivity index (χ2v) is 5.58.